The summed E-state index contributed by atoms with van der Waals surface area (Å²) in [6.07, 6.45) is 1.73. The minimum absolute atomic E-state index is 0.149. The van der Waals surface area contributed by atoms with Gasteiger partial charge in [0.2, 0.25) is 0 Å². The summed E-state index contributed by atoms with van der Waals surface area (Å²) in [6, 6.07) is 5.79. The molecule has 2 rings (SSSR count). The number of carbonyl (C=O) groups excluding carboxylic acids is 1. The third-order valence-corrected chi connectivity index (χ3v) is 3.06. The summed E-state index contributed by atoms with van der Waals surface area (Å²) in [5.41, 5.74) is 0.795. The van der Waals surface area contributed by atoms with E-state index in [1.165, 1.54) is 11.0 Å². The Hall–Kier alpha value is -2.77. The van der Waals surface area contributed by atoms with E-state index in [9.17, 15) is 14.7 Å². The maximum atomic E-state index is 12.4. The molecular weight excluding hydrogens is 286 g/mol. The predicted octanol–water partition coefficient (Wildman–Crippen LogP) is 0.891. The molecule has 0 saturated carbocycles. The van der Waals surface area contributed by atoms with Crippen LogP contribution in [-0.4, -0.2) is 43.2 Å². The number of hydrogen-bond acceptors (Lipinski definition) is 5. The minimum Gasteiger partial charge on any atom is -0.480 e. The Morgan fingerprint density at radius 1 is 1.32 bits per heavy atom. The van der Waals surface area contributed by atoms with Gasteiger partial charge in [0.15, 0.2) is 0 Å². The van der Waals surface area contributed by atoms with Crippen LogP contribution >= 0.6 is 0 Å². The molecule has 8 nitrogen and oxygen atoms in total. The highest BCUT2D eigenvalue weighted by atomic mass is 16.4. The molecule has 1 aromatic heterocycles. The second kappa shape index (κ2) is 6.79. The van der Waals surface area contributed by atoms with E-state index in [4.69, 9.17) is 0 Å². The SMILES string of the molecule is CC(C)C[C@@H](NC(=O)c1ccccc1-n1cnnn1)C(=O)O. The van der Waals surface area contributed by atoms with Crippen LogP contribution in [-0.2, 0) is 4.79 Å². The van der Waals surface area contributed by atoms with E-state index in [0.717, 1.165) is 0 Å². The van der Waals surface area contributed by atoms with E-state index >= 15 is 0 Å². The number of nitrogens with one attached hydrogen (secondary N) is 1. The third kappa shape index (κ3) is 3.66. The molecular formula is C14H17N5O3. The lowest BCUT2D eigenvalue weighted by atomic mass is 10.0. The summed E-state index contributed by atoms with van der Waals surface area (Å²) in [7, 11) is 0. The zero-order chi connectivity index (χ0) is 16.1. The van der Waals surface area contributed by atoms with Crippen LogP contribution in [0.2, 0.25) is 0 Å². The summed E-state index contributed by atoms with van der Waals surface area (Å²) < 4.78 is 1.35. The monoisotopic (exact) mass is 303 g/mol. The predicted molar refractivity (Wildman–Crippen MR) is 77.5 cm³/mol. The van der Waals surface area contributed by atoms with Gasteiger partial charge in [-0.15, -0.1) is 5.10 Å². The lowest BCUT2D eigenvalue weighted by Gasteiger charge is -2.17. The number of aromatic nitrogens is 4. The molecule has 1 atom stereocenters. The van der Waals surface area contributed by atoms with Gasteiger partial charge in [-0.25, -0.2) is 4.79 Å². The lowest BCUT2D eigenvalue weighted by Crippen LogP contribution is -2.41. The fourth-order valence-corrected chi connectivity index (χ4v) is 2.07. The van der Waals surface area contributed by atoms with E-state index in [0.29, 0.717) is 17.7 Å². The fraction of sp³-hybridized carbons (Fsp3) is 0.357. The second-order valence-corrected chi connectivity index (χ2v) is 5.27. The summed E-state index contributed by atoms with van der Waals surface area (Å²) >= 11 is 0. The second-order valence-electron chi connectivity index (χ2n) is 5.27. The van der Waals surface area contributed by atoms with Crippen LogP contribution in [0.1, 0.15) is 30.6 Å². The van der Waals surface area contributed by atoms with Gasteiger partial charge in [-0.1, -0.05) is 26.0 Å². The maximum Gasteiger partial charge on any atom is 0.326 e. The first-order valence-corrected chi connectivity index (χ1v) is 6.85. The highest BCUT2D eigenvalue weighted by Gasteiger charge is 2.23. The Balaban J connectivity index is 2.24. The molecule has 0 unspecified atom stereocenters. The van der Waals surface area contributed by atoms with Crippen molar-refractivity contribution in [2.75, 3.05) is 0 Å². The van der Waals surface area contributed by atoms with Crippen LogP contribution in [0.5, 0.6) is 0 Å². The molecule has 0 saturated heterocycles. The minimum atomic E-state index is -1.05. The number of aliphatic carboxylic acids is 1. The first kappa shape index (κ1) is 15.6. The molecule has 0 bridgehead atoms. The number of nitrogens with zero attached hydrogens (tertiary/aromatic N) is 4. The van der Waals surface area contributed by atoms with Gasteiger partial charge >= 0.3 is 5.97 Å². The first-order chi connectivity index (χ1) is 10.5. The molecule has 2 aromatic rings. The lowest BCUT2D eigenvalue weighted by molar-refractivity contribution is -0.139. The van der Waals surface area contributed by atoms with Crippen LogP contribution < -0.4 is 5.32 Å². The van der Waals surface area contributed by atoms with Gasteiger partial charge in [0, 0.05) is 0 Å². The average Bonchev–Trinajstić information content (AvgIpc) is 3.00. The Morgan fingerprint density at radius 3 is 2.64 bits per heavy atom. The van der Waals surface area contributed by atoms with Crippen molar-refractivity contribution in [3.8, 4) is 5.69 Å². The Labute approximate surface area is 127 Å². The van der Waals surface area contributed by atoms with Gasteiger partial charge in [0.05, 0.1) is 11.3 Å². The number of tetrazole rings is 1. The Morgan fingerprint density at radius 2 is 2.05 bits per heavy atom. The summed E-state index contributed by atoms with van der Waals surface area (Å²) in [5, 5.41) is 22.6. The number of carboxylic acids is 1. The molecule has 22 heavy (non-hydrogen) atoms. The number of hydrogen-bond donors (Lipinski definition) is 2. The molecule has 1 heterocycles. The topological polar surface area (TPSA) is 110 Å². The third-order valence-electron chi connectivity index (χ3n) is 3.06. The van der Waals surface area contributed by atoms with Crippen LogP contribution in [0.15, 0.2) is 30.6 Å². The number of rotatable bonds is 6. The molecule has 0 aliphatic heterocycles. The standard InChI is InChI=1S/C14H17N5O3/c1-9(2)7-11(14(21)22)16-13(20)10-5-3-4-6-12(10)19-8-15-17-18-19/h3-6,8-9,11H,7H2,1-2H3,(H,16,20)(H,21,22)/t11-/m1/s1. The van der Waals surface area contributed by atoms with Gasteiger partial charge in [-0.2, -0.15) is 4.68 Å². The molecule has 1 amide bonds. The van der Waals surface area contributed by atoms with Crippen molar-refractivity contribution < 1.29 is 14.7 Å². The highest BCUT2D eigenvalue weighted by Crippen LogP contribution is 2.14. The van der Waals surface area contributed by atoms with Crippen LogP contribution in [0.3, 0.4) is 0 Å². The molecule has 0 fully saturated rings. The van der Waals surface area contributed by atoms with Crippen molar-refractivity contribution in [3.63, 3.8) is 0 Å². The number of para-hydroxylation sites is 1. The number of carboxylic acid groups (broad SMARTS) is 1. The van der Waals surface area contributed by atoms with Gasteiger partial charge in [0.1, 0.15) is 12.4 Å². The molecule has 0 radical (unpaired) electrons. The molecule has 0 aliphatic carbocycles. The van der Waals surface area contributed by atoms with Gasteiger partial charge in [-0.3, -0.25) is 4.79 Å². The molecule has 116 valence electrons. The van der Waals surface area contributed by atoms with E-state index in [-0.39, 0.29) is 5.92 Å². The van der Waals surface area contributed by atoms with Gasteiger partial charge < -0.3 is 10.4 Å². The van der Waals surface area contributed by atoms with E-state index in [1.807, 2.05) is 13.8 Å². The molecule has 1 aromatic carbocycles. The number of amides is 1. The van der Waals surface area contributed by atoms with E-state index in [2.05, 4.69) is 20.8 Å². The van der Waals surface area contributed by atoms with Gasteiger partial charge in [0.25, 0.3) is 5.91 Å². The van der Waals surface area contributed by atoms with Crippen molar-refractivity contribution in [3.05, 3.63) is 36.2 Å². The zero-order valence-electron chi connectivity index (χ0n) is 12.3. The largest absolute Gasteiger partial charge is 0.480 e. The average molecular weight is 303 g/mol. The Bertz CT molecular complexity index is 654. The number of carbonyl (C=O) groups is 2. The van der Waals surface area contributed by atoms with Gasteiger partial charge in [-0.05, 0) is 34.9 Å². The normalized spacial score (nSPS) is 12.1. The molecule has 2 N–H and O–H groups in total. The fourth-order valence-electron chi connectivity index (χ4n) is 2.07. The summed E-state index contributed by atoms with van der Waals surface area (Å²) in [6.45, 7) is 3.80. The molecule has 8 heteroatoms. The maximum absolute atomic E-state index is 12.4. The first-order valence-electron chi connectivity index (χ1n) is 6.85. The molecule has 0 aliphatic rings. The van der Waals surface area contributed by atoms with Crippen LogP contribution in [0, 0.1) is 5.92 Å². The van der Waals surface area contributed by atoms with Crippen molar-refractivity contribution in [1.82, 2.24) is 25.5 Å². The van der Waals surface area contributed by atoms with E-state index in [1.54, 1.807) is 24.3 Å². The van der Waals surface area contributed by atoms with Crippen LogP contribution in [0.4, 0.5) is 0 Å². The van der Waals surface area contributed by atoms with Crippen molar-refractivity contribution in [1.29, 1.82) is 0 Å². The summed E-state index contributed by atoms with van der Waals surface area (Å²) in [4.78, 5) is 23.7. The van der Waals surface area contributed by atoms with Crippen molar-refractivity contribution in [2.24, 2.45) is 5.92 Å². The smallest absolute Gasteiger partial charge is 0.326 e. The van der Waals surface area contributed by atoms with Crippen molar-refractivity contribution >= 4 is 11.9 Å². The molecule has 0 spiro atoms. The zero-order valence-corrected chi connectivity index (χ0v) is 12.3. The Kier molecular flexibility index (Phi) is 4.82. The van der Waals surface area contributed by atoms with Crippen LogP contribution in [0.25, 0.3) is 5.69 Å². The van der Waals surface area contributed by atoms with E-state index < -0.39 is 17.9 Å². The van der Waals surface area contributed by atoms with Crippen molar-refractivity contribution in [2.45, 2.75) is 26.3 Å². The summed E-state index contributed by atoms with van der Waals surface area (Å²) in [5.74, 6) is -1.38. The highest BCUT2D eigenvalue weighted by molar-refractivity contribution is 5.99. The number of benzene rings is 1. The quantitative estimate of drug-likeness (QED) is 0.820.